The fourth-order valence-corrected chi connectivity index (χ4v) is 4.90. The number of aromatic nitrogens is 2. The molecule has 1 atom stereocenters. The highest BCUT2D eigenvalue weighted by Gasteiger charge is 2.44. The molecule has 0 saturated heterocycles. The van der Waals surface area contributed by atoms with Gasteiger partial charge in [0.15, 0.2) is 0 Å². The van der Waals surface area contributed by atoms with Crippen LogP contribution in [0.1, 0.15) is 50.1 Å². The third-order valence-electron chi connectivity index (χ3n) is 6.42. The average Bonchev–Trinajstić information content (AvgIpc) is 3.28. The highest BCUT2D eigenvalue weighted by molar-refractivity contribution is 6.05. The fourth-order valence-electron chi connectivity index (χ4n) is 4.90. The van der Waals surface area contributed by atoms with E-state index in [0.29, 0.717) is 5.95 Å². The zero-order valence-electron chi connectivity index (χ0n) is 17.8. The molecule has 5 rings (SSSR count). The predicted octanol–water partition coefficient (Wildman–Crippen LogP) is 5.30. The summed E-state index contributed by atoms with van der Waals surface area (Å²) in [6.07, 6.45) is 0.289. The number of halogens is 3. The Morgan fingerprint density at radius 3 is 2.58 bits per heavy atom. The summed E-state index contributed by atoms with van der Waals surface area (Å²) in [5.74, 6) is -0.166. The topological polar surface area (TPSA) is 67.2 Å². The summed E-state index contributed by atoms with van der Waals surface area (Å²) >= 11 is 0. The zero-order valence-corrected chi connectivity index (χ0v) is 17.8. The van der Waals surface area contributed by atoms with Gasteiger partial charge in [-0.3, -0.25) is 19.1 Å². The average molecular weight is 456 g/mol. The number of rotatable bonds is 4. The van der Waals surface area contributed by atoms with Gasteiger partial charge in [-0.05, 0) is 43.2 Å². The SMILES string of the molecule is O=C(C[C@H]1C(=O)N(C2CCCCC2)c2nc3ccccc3n21)Nc1cccc(C(F)(F)F)c1. The van der Waals surface area contributed by atoms with Gasteiger partial charge in [-0.15, -0.1) is 0 Å². The van der Waals surface area contributed by atoms with Crippen molar-refractivity contribution in [2.24, 2.45) is 0 Å². The second-order valence-corrected chi connectivity index (χ2v) is 8.62. The molecule has 2 aromatic carbocycles. The second kappa shape index (κ2) is 8.20. The molecule has 1 aliphatic heterocycles. The van der Waals surface area contributed by atoms with Crippen LogP contribution in [0.2, 0.25) is 0 Å². The fraction of sp³-hybridized carbons (Fsp3) is 0.375. The number of hydrogen-bond acceptors (Lipinski definition) is 3. The van der Waals surface area contributed by atoms with Gasteiger partial charge in [0, 0.05) is 11.7 Å². The highest BCUT2D eigenvalue weighted by Crippen LogP contribution is 2.40. The lowest BCUT2D eigenvalue weighted by atomic mass is 9.94. The van der Waals surface area contributed by atoms with Crippen molar-refractivity contribution < 1.29 is 22.8 Å². The van der Waals surface area contributed by atoms with Crippen molar-refractivity contribution in [1.29, 1.82) is 0 Å². The first-order chi connectivity index (χ1) is 15.8. The minimum absolute atomic E-state index is 0.0401. The molecule has 1 aliphatic carbocycles. The number of anilines is 2. The molecule has 2 heterocycles. The van der Waals surface area contributed by atoms with Crippen LogP contribution >= 0.6 is 0 Å². The number of alkyl halides is 3. The first kappa shape index (κ1) is 21.5. The zero-order chi connectivity index (χ0) is 23.2. The summed E-state index contributed by atoms with van der Waals surface area (Å²) in [5, 5.41) is 2.52. The number of amides is 2. The third-order valence-corrected chi connectivity index (χ3v) is 6.42. The molecule has 0 spiro atoms. The molecule has 1 N–H and O–H groups in total. The monoisotopic (exact) mass is 456 g/mol. The lowest BCUT2D eigenvalue weighted by Crippen LogP contribution is -2.41. The van der Waals surface area contributed by atoms with Gasteiger partial charge < -0.3 is 5.32 Å². The molecule has 172 valence electrons. The van der Waals surface area contributed by atoms with E-state index in [1.807, 2.05) is 24.3 Å². The van der Waals surface area contributed by atoms with Crippen LogP contribution in [0.5, 0.6) is 0 Å². The maximum absolute atomic E-state index is 13.5. The minimum atomic E-state index is -4.51. The summed E-state index contributed by atoms with van der Waals surface area (Å²) in [4.78, 5) is 32.7. The Kier molecular flexibility index (Phi) is 5.34. The Bertz CT molecular complexity index is 1210. The van der Waals surface area contributed by atoms with Crippen molar-refractivity contribution in [3.8, 4) is 0 Å². The van der Waals surface area contributed by atoms with E-state index in [2.05, 4.69) is 5.32 Å². The summed E-state index contributed by atoms with van der Waals surface area (Å²) in [5.41, 5.74) is 0.698. The van der Waals surface area contributed by atoms with E-state index < -0.39 is 23.7 Å². The van der Waals surface area contributed by atoms with Gasteiger partial charge in [0.05, 0.1) is 23.0 Å². The second-order valence-electron chi connectivity index (χ2n) is 8.62. The normalized spacial score (nSPS) is 19.2. The van der Waals surface area contributed by atoms with E-state index in [0.717, 1.165) is 55.3 Å². The molecule has 0 unspecified atom stereocenters. The number of carbonyl (C=O) groups is 2. The van der Waals surface area contributed by atoms with Crippen LogP contribution in [-0.2, 0) is 15.8 Å². The summed E-state index contributed by atoms with van der Waals surface area (Å²) < 4.78 is 40.8. The van der Waals surface area contributed by atoms with Gasteiger partial charge in [0.2, 0.25) is 11.9 Å². The van der Waals surface area contributed by atoms with Crippen molar-refractivity contribution in [3.63, 3.8) is 0 Å². The lowest BCUT2D eigenvalue weighted by Gasteiger charge is -2.30. The summed E-state index contributed by atoms with van der Waals surface area (Å²) in [7, 11) is 0. The van der Waals surface area contributed by atoms with E-state index in [-0.39, 0.29) is 24.1 Å². The minimum Gasteiger partial charge on any atom is -0.326 e. The number of nitrogens with one attached hydrogen (secondary N) is 1. The van der Waals surface area contributed by atoms with E-state index in [4.69, 9.17) is 4.98 Å². The van der Waals surface area contributed by atoms with Gasteiger partial charge in [0.25, 0.3) is 5.91 Å². The number of fused-ring (bicyclic) bond motifs is 3. The van der Waals surface area contributed by atoms with Crippen molar-refractivity contribution in [3.05, 3.63) is 54.1 Å². The van der Waals surface area contributed by atoms with E-state index >= 15 is 0 Å². The molecule has 0 bridgehead atoms. The number of imidazole rings is 1. The van der Waals surface area contributed by atoms with Gasteiger partial charge in [0.1, 0.15) is 6.04 Å². The molecule has 1 saturated carbocycles. The number of carbonyl (C=O) groups excluding carboxylic acids is 2. The van der Waals surface area contributed by atoms with Crippen LogP contribution in [-0.4, -0.2) is 27.4 Å². The van der Waals surface area contributed by atoms with E-state index in [1.54, 1.807) is 9.47 Å². The standard InChI is InChI=1S/C24H23F3N4O2/c25-24(26,27)15-7-6-8-16(13-15)28-21(32)14-20-22(33)30(17-9-2-1-3-10-17)23-29-18-11-4-5-12-19(18)31(20)23/h4-8,11-13,17,20H,1-3,9-10,14H2,(H,28,32)/t20-/m0/s1. The van der Waals surface area contributed by atoms with Crippen LogP contribution in [0.3, 0.4) is 0 Å². The predicted molar refractivity (Wildman–Crippen MR) is 118 cm³/mol. The van der Waals surface area contributed by atoms with Crippen LogP contribution in [0.25, 0.3) is 11.0 Å². The Labute approximate surface area is 188 Å². The van der Waals surface area contributed by atoms with Crippen LogP contribution in [0.15, 0.2) is 48.5 Å². The van der Waals surface area contributed by atoms with Gasteiger partial charge in [-0.1, -0.05) is 37.5 Å². The molecule has 33 heavy (non-hydrogen) atoms. The maximum atomic E-state index is 13.5. The Balaban J connectivity index is 1.43. The first-order valence-electron chi connectivity index (χ1n) is 11.1. The lowest BCUT2D eigenvalue weighted by molar-refractivity contribution is -0.137. The molecule has 1 fully saturated rings. The highest BCUT2D eigenvalue weighted by atomic mass is 19.4. The van der Waals surface area contributed by atoms with Gasteiger partial charge in [-0.2, -0.15) is 13.2 Å². The number of para-hydroxylation sites is 2. The van der Waals surface area contributed by atoms with E-state index in [9.17, 15) is 22.8 Å². The van der Waals surface area contributed by atoms with Gasteiger partial charge in [-0.25, -0.2) is 4.98 Å². The molecule has 2 aliphatic rings. The Morgan fingerprint density at radius 2 is 1.82 bits per heavy atom. The molecule has 9 heteroatoms. The molecule has 0 radical (unpaired) electrons. The van der Waals surface area contributed by atoms with E-state index in [1.165, 1.54) is 12.1 Å². The summed E-state index contributed by atoms with van der Waals surface area (Å²) in [6, 6.07) is 11.2. The van der Waals surface area contributed by atoms with Crippen molar-refractivity contribution >= 4 is 34.5 Å². The van der Waals surface area contributed by atoms with Gasteiger partial charge >= 0.3 is 6.18 Å². The smallest absolute Gasteiger partial charge is 0.326 e. The molecule has 6 nitrogen and oxygen atoms in total. The Hall–Kier alpha value is -3.36. The molecule has 3 aromatic rings. The maximum Gasteiger partial charge on any atom is 0.416 e. The summed E-state index contributed by atoms with van der Waals surface area (Å²) in [6.45, 7) is 0. The Morgan fingerprint density at radius 1 is 1.06 bits per heavy atom. The molecular formula is C24H23F3N4O2. The largest absolute Gasteiger partial charge is 0.416 e. The molecule has 2 amide bonds. The van der Waals surface area contributed by atoms with Crippen LogP contribution in [0, 0.1) is 0 Å². The van der Waals surface area contributed by atoms with Crippen LogP contribution in [0.4, 0.5) is 24.8 Å². The van der Waals surface area contributed by atoms with Crippen LogP contribution < -0.4 is 10.2 Å². The van der Waals surface area contributed by atoms with Crippen molar-refractivity contribution in [2.75, 3.05) is 10.2 Å². The first-order valence-corrected chi connectivity index (χ1v) is 11.1. The van der Waals surface area contributed by atoms with Crippen molar-refractivity contribution in [2.45, 2.75) is 56.8 Å². The van der Waals surface area contributed by atoms with Crippen molar-refractivity contribution in [1.82, 2.24) is 9.55 Å². The number of hydrogen-bond donors (Lipinski definition) is 1. The number of nitrogens with zero attached hydrogens (tertiary/aromatic N) is 3. The molecule has 1 aromatic heterocycles. The third kappa shape index (κ3) is 3.96. The number of benzene rings is 2. The quantitative estimate of drug-likeness (QED) is 0.579. The molecular weight excluding hydrogens is 433 g/mol.